The Morgan fingerprint density at radius 3 is 2.71 bits per heavy atom. The maximum Gasteiger partial charge on any atom is 0.267 e. The predicted molar refractivity (Wildman–Crippen MR) is 132 cm³/mol. The quantitative estimate of drug-likeness (QED) is 0.461. The number of hydrogen-bond acceptors (Lipinski definition) is 7. The van der Waals surface area contributed by atoms with E-state index in [0.717, 1.165) is 37.2 Å². The van der Waals surface area contributed by atoms with E-state index in [9.17, 15) is 4.79 Å². The molecule has 1 aliphatic heterocycles. The molecule has 174 valence electrons. The summed E-state index contributed by atoms with van der Waals surface area (Å²) >= 11 is 0. The van der Waals surface area contributed by atoms with Crippen molar-refractivity contribution in [3.05, 3.63) is 78.4 Å². The predicted octanol–water partition coefficient (Wildman–Crippen LogP) is 2.88. The zero-order chi connectivity index (χ0) is 23.5. The van der Waals surface area contributed by atoms with Gasteiger partial charge in [0.05, 0.1) is 23.4 Å². The fourth-order valence-corrected chi connectivity index (χ4v) is 4.18. The van der Waals surface area contributed by atoms with Gasteiger partial charge in [-0.1, -0.05) is 30.3 Å². The van der Waals surface area contributed by atoms with E-state index in [2.05, 4.69) is 44.7 Å². The van der Waals surface area contributed by atoms with Crippen molar-refractivity contribution in [1.82, 2.24) is 34.9 Å². The van der Waals surface area contributed by atoms with Crippen LogP contribution < -0.4 is 10.6 Å². The lowest BCUT2D eigenvalue weighted by molar-refractivity contribution is -0.000831. The standard InChI is InChI=1S/C25H28N8O/c1-18(19-6-4-3-5-7-19)29-23-15-27-16-24(30-23)33-17-28-21-9-8-20(14-22(21)33)25(34)31(2)32-12-10-26-11-13-32/h3-9,14-18,26H,10-13H2,1-2H3,(H,29,30)/t18-/m0/s1. The SMILES string of the molecule is C[C@H](Nc1cncc(-n2cnc3ccc(C(=O)N(C)N4CCNCC4)cc32)n1)c1ccccc1. The molecule has 0 spiro atoms. The summed E-state index contributed by atoms with van der Waals surface area (Å²) in [5.41, 5.74) is 3.37. The molecule has 3 heterocycles. The number of imidazole rings is 1. The van der Waals surface area contributed by atoms with Gasteiger partial charge in [0, 0.05) is 44.8 Å². The van der Waals surface area contributed by atoms with Crippen molar-refractivity contribution in [2.75, 3.05) is 38.5 Å². The molecule has 0 unspecified atom stereocenters. The van der Waals surface area contributed by atoms with E-state index in [1.54, 1.807) is 23.7 Å². The molecule has 2 aromatic carbocycles. The van der Waals surface area contributed by atoms with Crippen LogP contribution in [0.25, 0.3) is 16.9 Å². The molecule has 0 aliphatic carbocycles. The van der Waals surface area contributed by atoms with Crippen molar-refractivity contribution in [2.24, 2.45) is 0 Å². The summed E-state index contributed by atoms with van der Waals surface area (Å²) in [6.45, 7) is 5.44. The Morgan fingerprint density at radius 2 is 1.91 bits per heavy atom. The largest absolute Gasteiger partial charge is 0.362 e. The first-order valence-corrected chi connectivity index (χ1v) is 11.4. The van der Waals surface area contributed by atoms with Crippen LogP contribution in [-0.4, -0.2) is 68.7 Å². The summed E-state index contributed by atoms with van der Waals surface area (Å²) in [4.78, 5) is 26.8. The smallest absolute Gasteiger partial charge is 0.267 e. The molecule has 0 saturated carbocycles. The Labute approximate surface area is 198 Å². The molecule has 1 amide bonds. The number of rotatable bonds is 6. The van der Waals surface area contributed by atoms with Crippen LogP contribution in [0, 0.1) is 0 Å². The molecule has 1 saturated heterocycles. The summed E-state index contributed by atoms with van der Waals surface area (Å²) in [7, 11) is 1.82. The molecule has 0 bridgehead atoms. The molecule has 1 aliphatic rings. The molecule has 34 heavy (non-hydrogen) atoms. The number of hydrazine groups is 1. The minimum Gasteiger partial charge on any atom is -0.362 e. The van der Waals surface area contributed by atoms with E-state index >= 15 is 0 Å². The zero-order valence-electron chi connectivity index (χ0n) is 19.3. The highest BCUT2D eigenvalue weighted by Crippen LogP contribution is 2.22. The monoisotopic (exact) mass is 456 g/mol. The topological polar surface area (TPSA) is 91.2 Å². The average Bonchev–Trinajstić information content (AvgIpc) is 3.32. The number of aromatic nitrogens is 4. The highest BCUT2D eigenvalue weighted by Gasteiger charge is 2.21. The van der Waals surface area contributed by atoms with E-state index in [1.807, 2.05) is 48.0 Å². The first-order valence-electron chi connectivity index (χ1n) is 11.4. The van der Waals surface area contributed by atoms with Gasteiger partial charge in [-0.05, 0) is 30.7 Å². The molecule has 9 heteroatoms. The number of carbonyl (C=O) groups is 1. The summed E-state index contributed by atoms with van der Waals surface area (Å²) in [6, 6.07) is 15.8. The lowest BCUT2D eigenvalue weighted by atomic mass is 10.1. The second-order valence-electron chi connectivity index (χ2n) is 8.39. The lowest BCUT2D eigenvalue weighted by Gasteiger charge is -2.35. The normalized spacial score (nSPS) is 15.2. The van der Waals surface area contributed by atoms with E-state index in [4.69, 9.17) is 4.98 Å². The first-order chi connectivity index (χ1) is 16.6. The Hall–Kier alpha value is -3.82. The number of carbonyl (C=O) groups excluding carboxylic acids is 1. The molecular formula is C25H28N8O. The Kier molecular flexibility index (Phi) is 6.20. The lowest BCUT2D eigenvalue weighted by Crippen LogP contribution is -2.52. The second kappa shape index (κ2) is 9.58. The molecule has 5 rings (SSSR count). The zero-order valence-corrected chi connectivity index (χ0v) is 19.3. The van der Waals surface area contributed by atoms with Crippen molar-refractivity contribution in [3.8, 4) is 5.82 Å². The third kappa shape index (κ3) is 4.48. The summed E-state index contributed by atoms with van der Waals surface area (Å²) in [5.74, 6) is 1.25. The van der Waals surface area contributed by atoms with Crippen LogP contribution in [0.15, 0.2) is 67.3 Å². The number of hydrogen-bond donors (Lipinski definition) is 2. The Bertz CT molecular complexity index is 1280. The van der Waals surface area contributed by atoms with Crippen LogP contribution in [0.4, 0.5) is 5.82 Å². The number of piperazine rings is 1. The van der Waals surface area contributed by atoms with Crippen molar-refractivity contribution in [3.63, 3.8) is 0 Å². The van der Waals surface area contributed by atoms with Crippen molar-refractivity contribution < 1.29 is 4.79 Å². The number of anilines is 1. The minimum atomic E-state index is -0.0465. The number of nitrogens with one attached hydrogen (secondary N) is 2. The maximum absolute atomic E-state index is 13.2. The molecular weight excluding hydrogens is 428 g/mol. The van der Waals surface area contributed by atoms with Gasteiger partial charge in [0.2, 0.25) is 0 Å². The summed E-state index contributed by atoms with van der Waals surface area (Å²) in [5, 5.41) is 10.5. The van der Waals surface area contributed by atoms with Gasteiger partial charge in [-0.3, -0.25) is 19.4 Å². The molecule has 9 nitrogen and oxygen atoms in total. The van der Waals surface area contributed by atoms with Gasteiger partial charge in [0.15, 0.2) is 5.82 Å². The Balaban J connectivity index is 1.41. The highest BCUT2D eigenvalue weighted by molar-refractivity contribution is 5.97. The van der Waals surface area contributed by atoms with Crippen molar-refractivity contribution in [2.45, 2.75) is 13.0 Å². The van der Waals surface area contributed by atoms with Crippen LogP contribution in [0.5, 0.6) is 0 Å². The van der Waals surface area contributed by atoms with Crippen LogP contribution in [0.3, 0.4) is 0 Å². The van der Waals surface area contributed by atoms with Gasteiger partial charge < -0.3 is 10.6 Å². The molecule has 1 atom stereocenters. The minimum absolute atomic E-state index is 0.0465. The first kappa shape index (κ1) is 22.0. The van der Waals surface area contributed by atoms with Gasteiger partial charge in [-0.25, -0.2) is 15.0 Å². The number of nitrogens with zero attached hydrogens (tertiary/aromatic N) is 6. The third-order valence-electron chi connectivity index (χ3n) is 6.14. The van der Waals surface area contributed by atoms with E-state index in [-0.39, 0.29) is 11.9 Å². The van der Waals surface area contributed by atoms with Gasteiger partial charge in [-0.15, -0.1) is 0 Å². The van der Waals surface area contributed by atoms with Gasteiger partial charge >= 0.3 is 0 Å². The van der Waals surface area contributed by atoms with E-state index in [0.29, 0.717) is 17.2 Å². The third-order valence-corrected chi connectivity index (χ3v) is 6.14. The fourth-order valence-electron chi connectivity index (χ4n) is 4.18. The van der Waals surface area contributed by atoms with Crippen LogP contribution in [0.1, 0.15) is 28.9 Å². The van der Waals surface area contributed by atoms with Gasteiger partial charge in [0.25, 0.3) is 5.91 Å². The fraction of sp³-hybridized carbons (Fsp3) is 0.280. The molecule has 2 N–H and O–H groups in total. The Morgan fingerprint density at radius 1 is 1.12 bits per heavy atom. The van der Waals surface area contributed by atoms with Crippen LogP contribution in [-0.2, 0) is 0 Å². The van der Waals surface area contributed by atoms with Crippen LogP contribution >= 0.6 is 0 Å². The van der Waals surface area contributed by atoms with Gasteiger partial charge in [-0.2, -0.15) is 0 Å². The molecule has 4 aromatic rings. The van der Waals surface area contributed by atoms with Gasteiger partial charge in [0.1, 0.15) is 12.1 Å². The summed E-state index contributed by atoms with van der Waals surface area (Å²) in [6.07, 6.45) is 5.12. The van der Waals surface area contributed by atoms with E-state index in [1.165, 1.54) is 5.56 Å². The van der Waals surface area contributed by atoms with E-state index < -0.39 is 0 Å². The number of amides is 1. The van der Waals surface area contributed by atoms with Crippen molar-refractivity contribution in [1.29, 1.82) is 0 Å². The summed E-state index contributed by atoms with van der Waals surface area (Å²) < 4.78 is 1.86. The molecule has 0 radical (unpaired) electrons. The average molecular weight is 457 g/mol. The van der Waals surface area contributed by atoms with Crippen LogP contribution in [0.2, 0.25) is 0 Å². The molecule has 1 fully saturated rings. The maximum atomic E-state index is 13.2. The van der Waals surface area contributed by atoms with Crippen molar-refractivity contribution >= 4 is 22.8 Å². The number of benzene rings is 2. The highest BCUT2D eigenvalue weighted by atomic mass is 16.2. The molecule has 2 aromatic heterocycles. The second-order valence-corrected chi connectivity index (χ2v) is 8.39. The number of fused-ring (bicyclic) bond motifs is 1.